The van der Waals surface area contributed by atoms with Gasteiger partial charge in [-0.3, -0.25) is 48.1 Å². The van der Waals surface area contributed by atoms with Gasteiger partial charge in [-0.25, -0.2) is 0 Å². The van der Waals surface area contributed by atoms with E-state index in [1.807, 2.05) is 182 Å². The number of carbonyl (C=O) groups is 9. The van der Waals surface area contributed by atoms with Crippen molar-refractivity contribution < 1.29 is 57.7 Å². The lowest BCUT2D eigenvalue weighted by Gasteiger charge is -2.31. The summed E-state index contributed by atoms with van der Waals surface area (Å²) in [5.41, 5.74) is 0.534. The number of nitrogens with zero attached hydrogens (tertiary/aromatic N) is 1. The maximum absolute atomic E-state index is 15.0. The van der Waals surface area contributed by atoms with Crippen LogP contribution in [0.3, 0.4) is 0 Å². The number of epoxide rings is 1. The van der Waals surface area contributed by atoms with Gasteiger partial charge in [-0.2, -0.15) is 0 Å². The number of hydrogen-bond donors (Lipinski definition) is 5. The van der Waals surface area contributed by atoms with E-state index in [1.165, 1.54) is 6.92 Å². The average molecular weight is 1310 g/mol. The van der Waals surface area contributed by atoms with Crippen molar-refractivity contribution in [3.05, 3.63) is 144 Å². The lowest BCUT2D eigenvalue weighted by Crippen LogP contribution is -2.53. The highest BCUT2D eigenvalue weighted by Gasteiger charge is 2.50. The molecule has 17 nitrogen and oxygen atoms in total. The third kappa shape index (κ3) is 26.5. The van der Waals surface area contributed by atoms with Crippen LogP contribution in [0, 0.1) is 47.3 Å². The predicted octanol–water partition coefficient (Wildman–Crippen LogP) is 9.99. The lowest BCUT2D eigenvalue weighted by molar-refractivity contribution is -0.143. The molecule has 0 saturated carbocycles. The number of amides is 4. The number of aryl methyl sites for hydroxylation is 2. The molecule has 0 aliphatic carbocycles. The first-order valence-electron chi connectivity index (χ1n) is 34.9. The Kier molecular flexibility index (Phi) is 30.8. The molecule has 2 aliphatic rings. The number of morpholine rings is 1. The summed E-state index contributed by atoms with van der Waals surface area (Å²) in [5, 5.41) is 24.5. The van der Waals surface area contributed by atoms with Crippen LogP contribution in [0.1, 0.15) is 162 Å². The van der Waals surface area contributed by atoms with Crippen LogP contribution in [-0.4, -0.2) is 137 Å². The normalized spacial score (nSPS) is 18.1. The molecule has 0 aromatic heterocycles. The zero-order valence-corrected chi connectivity index (χ0v) is 58.2. The highest BCUT2D eigenvalue weighted by atomic mass is 16.6. The molecular formula is C78H109N5O12. The van der Waals surface area contributed by atoms with Crippen molar-refractivity contribution in [2.75, 3.05) is 39.5 Å². The Labute approximate surface area is 565 Å². The van der Waals surface area contributed by atoms with E-state index >= 15 is 4.79 Å². The molecule has 0 radical (unpaired) electrons. The Bertz CT molecular complexity index is 3090. The largest absolute Gasteiger partial charge is 0.382 e. The van der Waals surface area contributed by atoms with Gasteiger partial charge < -0.3 is 35.8 Å². The molecule has 6 rings (SSSR count). The summed E-state index contributed by atoms with van der Waals surface area (Å²) in [7, 11) is 0. The van der Waals surface area contributed by atoms with Crippen molar-refractivity contribution >= 4 is 52.5 Å². The van der Waals surface area contributed by atoms with Crippen LogP contribution < -0.4 is 21.3 Å². The van der Waals surface area contributed by atoms with E-state index in [2.05, 4.69) is 21.3 Å². The second-order valence-corrected chi connectivity index (χ2v) is 29.0. The fourth-order valence-corrected chi connectivity index (χ4v) is 12.8. The van der Waals surface area contributed by atoms with Gasteiger partial charge >= 0.3 is 0 Å². The number of ketones is 5. The van der Waals surface area contributed by atoms with E-state index in [1.54, 1.807) is 6.92 Å². The Hall–Kier alpha value is -7.05. The molecule has 2 aliphatic heterocycles. The van der Waals surface area contributed by atoms with Crippen LogP contribution in [0.15, 0.2) is 121 Å². The van der Waals surface area contributed by atoms with Crippen molar-refractivity contribution in [3.63, 3.8) is 0 Å². The van der Waals surface area contributed by atoms with Gasteiger partial charge in [0, 0.05) is 56.0 Å². The first-order chi connectivity index (χ1) is 45.2. The highest BCUT2D eigenvalue weighted by molar-refractivity contribution is 5.99. The molecule has 10 atom stereocenters. The van der Waals surface area contributed by atoms with Crippen LogP contribution in [-0.2, 0) is 78.3 Å². The van der Waals surface area contributed by atoms with Gasteiger partial charge in [-0.1, -0.05) is 177 Å². The molecule has 17 heteroatoms. The minimum absolute atomic E-state index is 0.00489. The monoisotopic (exact) mass is 1310 g/mol. The fourth-order valence-electron chi connectivity index (χ4n) is 12.8. The molecule has 1 unspecified atom stereocenters. The third-order valence-corrected chi connectivity index (χ3v) is 18.4. The maximum Gasteiger partial charge on any atom is 0.224 e. The fraction of sp³-hybridized carbons (Fsp3) is 0.577. The number of rotatable bonds is 43. The zero-order chi connectivity index (χ0) is 69.2. The standard InChI is InChI=1S/C78H109N5O12/c1-52(2)41-65(69(85)49-63(46-59-29-21-14-22-30-59)76(92)82-68(44-55(7)8)72(88)78(10)51-95-78)79-73(89)60(33-31-56-23-15-11-16-24-56)35-36-77(9,93)71(87)67(43-54(5)6)81-75(91)62(45-58-27-19-13-20-28-58)48-70(86)66(42-53(3)4)80-74(90)61(34-32-57-25-17-12-18-26-57)47-64(84)50-83-37-39-94-40-38-83/h11-30,52-55,60-63,65-68,93H,31-51H2,1-10H3,(H,79,89)(H,80,90)(H,81,91)(H,82,92)/t60-,61-,62-,63?,65+,66+,67+,68+,77-,78-/m1/s1. The minimum Gasteiger partial charge on any atom is -0.382 e. The van der Waals surface area contributed by atoms with Gasteiger partial charge in [-0.05, 0) is 137 Å². The van der Waals surface area contributed by atoms with E-state index in [9.17, 15) is 43.5 Å². The zero-order valence-electron chi connectivity index (χ0n) is 58.2. The number of carbonyl (C=O) groups excluding carboxylic acids is 9. The number of hydrogen-bond acceptors (Lipinski definition) is 13. The van der Waals surface area contributed by atoms with E-state index in [4.69, 9.17) is 9.47 Å². The molecule has 0 bridgehead atoms. The van der Waals surface area contributed by atoms with Crippen LogP contribution >= 0.6 is 0 Å². The Balaban J connectivity index is 1.20. The molecule has 0 spiro atoms. The molecular weight excluding hydrogens is 1200 g/mol. The predicted molar refractivity (Wildman–Crippen MR) is 370 cm³/mol. The highest BCUT2D eigenvalue weighted by Crippen LogP contribution is 2.31. The van der Waals surface area contributed by atoms with Crippen LogP contribution in [0.5, 0.6) is 0 Å². The van der Waals surface area contributed by atoms with Gasteiger partial charge in [0.05, 0.1) is 50.5 Å². The first-order valence-corrected chi connectivity index (χ1v) is 34.9. The van der Waals surface area contributed by atoms with Gasteiger partial charge in [0.25, 0.3) is 0 Å². The molecule has 4 amide bonds. The molecule has 2 heterocycles. The molecule has 518 valence electrons. The van der Waals surface area contributed by atoms with E-state index in [0.29, 0.717) is 58.4 Å². The van der Waals surface area contributed by atoms with E-state index < -0.39 is 88.5 Å². The van der Waals surface area contributed by atoms with Crippen molar-refractivity contribution in [1.29, 1.82) is 0 Å². The summed E-state index contributed by atoms with van der Waals surface area (Å²) in [6, 6.07) is 34.0. The molecule has 4 aromatic carbocycles. The van der Waals surface area contributed by atoms with Crippen LogP contribution in [0.25, 0.3) is 0 Å². The van der Waals surface area contributed by atoms with Crippen molar-refractivity contribution in [2.24, 2.45) is 47.3 Å². The van der Waals surface area contributed by atoms with Gasteiger partial charge in [0.15, 0.2) is 23.1 Å². The van der Waals surface area contributed by atoms with Crippen LogP contribution in [0.4, 0.5) is 0 Å². The summed E-state index contributed by atoms with van der Waals surface area (Å²) >= 11 is 0. The van der Waals surface area contributed by atoms with Crippen molar-refractivity contribution in [1.82, 2.24) is 26.2 Å². The van der Waals surface area contributed by atoms with Gasteiger partial charge in [-0.15, -0.1) is 0 Å². The molecule has 5 N–H and O–H groups in total. The average Bonchev–Trinajstić information content (AvgIpc) is 1.68. The topological polar surface area (TPSA) is 247 Å². The summed E-state index contributed by atoms with van der Waals surface area (Å²) in [6.45, 7) is 21.4. The number of Topliss-reactive ketones (excluding diaryl/α,β-unsaturated/α-hetero) is 5. The number of aliphatic hydroxyl groups is 1. The summed E-state index contributed by atoms with van der Waals surface area (Å²) < 4.78 is 11.0. The Morgan fingerprint density at radius 3 is 1.26 bits per heavy atom. The SMILES string of the molecule is CC(C)C[C@H](NC(=O)[C@H](CCc1ccccc1)CC[C@@](C)(O)C(=O)[C@H](CC(C)C)NC(=O)[C@@H](CC(=O)[C@H](CC(C)C)NC(=O)[C@H](CCc1ccccc1)CC(=O)CN1CCOCC1)Cc1ccccc1)C(=O)CC(Cc1ccccc1)C(=O)N[C@@H](CC(C)C)C(=O)[C@@]1(C)CO1. The maximum atomic E-state index is 15.0. The van der Waals surface area contributed by atoms with E-state index in [0.717, 1.165) is 22.3 Å². The summed E-state index contributed by atoms with van der Waals surface area (Å²) in [5.74, 6) is -7.09. The van der Waals surface area contributed by atoms with E-state index in [-0.39, 0.29) is 124 Å². The Morgan fingerprint density at radius 1 is 0.484 bits per heavy atom. The quantitative estimate of drug-likeness (QED) is 0.0259. The lowest BCUT2D eigenvalue weighted by atomic mass is 9.82. The second-order valence-electron chi connectivity index (χ2n) is 29.0. The summed E-state index contributed by atoms with van der Waals surface area (Å²) in [6.07, 6.45) is 2.45. The van der Waals surface area contributed by atoms with Crippen molar-refractivity contribution in [3.8, 4) is 0 Å². The smallest absolute Gasteiger partial charge is 0.224 e. The number of benzene rings is 4. The number of ether oxygens (including phenoxy) is 2. The van der Waals surface area contributed by atoms with Crippen LogP contribution in [0.2, 0.25) is 0 Å². The molecule has 95 heavy (non-hydrogen) atoms. The summed E-state index contributed by atoms with van der Waals surface area (Å²) in [4.78, 5) is 133. The van der Waals surface area contributed by atoms with Gasteiger partial charge in [0.2, 0.25) is 23.6 Å². The van der Waals surface area contributed by atoms with Crippen molar-refractivity contribution in [2.45, 2.75) is 201 Å². The first kappa shape index (κ1) is 77.0. The minimum atomic E-state index is -2.07. The molecule has 2 saturated heterocycles. The molecule has 4 aromatic rings. The Morgan fingerprint density at radius 2 is 0.842 bits per heavy atom. The molecule has 2 fully saturated rings. The second kappa shape index (κ2) is 38.0. The number of nitrogens with one attached hydrogen (secondary N) is 4. The van der Waals surface area contributed by atoms with Gasteiger partial charge in [0.1, 0.15) is 17.0 Å². The third-order valence-electron chi connectivity index (χ3n) is 18.4.